The number of allylic oxidation sites excluding steroid dienone is 1. The highest BCUT2D eigenvalue weighted by Crippen LogP contribution is 2.36. The summed E-state index contributed by atoms with van der Waals surface area (Å²) in [5.41, 5.74) is 8.20. The molecule has 0 fully saturated rings. The standard InChI is InChI=1S/C20H31N3O6/c1-4-8-17(5-2)20(3,15-21)18-11-6-9-16(13-18)10-7-12-19(29-23(26)27)14-28-22(24)25/h4,6,9,11,13,17,19H,1,5,7-8,10,12,14-15,21H2,2-3H3. The minimum Gasteiger partial charge on any atom is -0.330 e. The average molecular weight is 409 g/mol. The van der Waals surface area contributed by atoms with E-state index in [1.54, 1.807) is 0 Å². The van der Waals surface area contributed by atoms with Gasteiger partial charge >= 0.3 is 0 Å². The second-order valence-corrected chi connectivity index (χ2v) is 7.31. The van der Waals surface area contributed by atoms with Crippen LogP contribution in [0.25, 0.3) is 0 Å². The number of hydrogen-bond acceptors (Lipinski definition) is 7. The van der Waals surface area contributed by atoms with Crippen LogP contribution in [-0.4, -0.2) is 29.4 Å². The fraction of sp³-hybridized carbons (Fsp3) is 0.600. The fourth-order valence-electron chi connectivity index (χ4n) is 3.65. The number of rotatable bonds is 15. The highest BCUT2D eigenvalue weighted by molar-refractivity contribution is 5.31. The summed E-state index contributed by atoms with van der Waals surface area (Å²) < 4.78 is 0. The van der Waals surface area contributed by atoms with Crippen LogP contribution in [0.5, 0.6) is 0 Å². The maximum absolute atomic E-state index is 10.6. The molecule has 1 aromatic carbocycles. The van der Waals surface area contributed by atoms with E-state index in [1.807, 2.05) is 18.2 Å². The largest absolute Gasteiger partial charge is 0.330 e. The molecule has 3 atom stereocenters. The normalized spacial score (nSPS) is 15.0. The molecule has 3 unspecified atom stereocenters. The number of nitrogens with two attached hydrogens (primary N) is 1. The molecule has 0 aliphatic heterocycles. The van der Waals surface area contributed by atoms with Gasteiger partial charge in [-0.25, -0.2) is 0 Å². The first kappa shape index (κ1) is 24.4. The topological polar surface area (TPSA) is 131 Å². The SMILES string of the molecule is C=CCC(CC)C(C)(CN)c1cccc(CCCC(CO[N+](=O)[O-])O[N+](=O)[O-])c1. The van der Waals surface area contributed by atoms with E-state index in [0.717, 1.165) is 24.0 Å². The van der Waals surface area contributed by atoms with Crippen molar-refractivity contribution in [2.24, 2.45) is 11.7 Å². The summed E-state index contributed by atoms with van der Waals surface area (Å²) in [4.78, 5) is 29.6. The first-order chi connectivity index (χ1) is 13.8. The van der Waals surface area contributed by atoms with E-state index in [-0.39, 0.29) is 11.8 Å². The Kier molecular flexibility index (Phi) is 10.1. The molecular formula is C20H31N3O6. The van der Waals surface area contributed by atoms with Crippen LogP contribution in [0.1, 0.15) is 50.7 Å². The summed E-state index contributed by atoms with van der Waals surface area (Å²) in [6.07, 6.45) is 4.29. The molecule has 0 saturated heterocycles. The average Bonchev–Trinajstić information content (AvgIpc) is 2.69. The highest BCUT2D eigenvalue weighted by atomic mass is 17.0. The zero-order valence-corrected chi connectivity index (χ0v) is 17.1. The molecule has 0 saturated carbocycles. The maximum atomic E-state index is 10.6. The van der Waals surface area contributed by atoms with Gasteiger partial charge < -0.3 is 15.4 Å². The van der Waals surface area contributed by atoms with Crippen LogP contribution in [0.2, 0.25) is 0 Å². The zero-order chi connectivity index (χ0) is 21.9. The van der Waals surface area contributed by atoms with Crippen LogP contribution in [0.4, 0.5) is 0 Å². The van der Waals surface area contributed by atoms with Crippen LogP contribution < -0.4 is 5.73 Å². The van der Waals surface area contributed by atoms with Gasteiger partial charge in [-0.3, -0.25) is 0 Å². The molecule has 0 radical (unpaired) electrons. The molecule has 0 aliphatic rings. The Balaban J connectivity index is 2.82. The van der Waals surface area contributed by atoms with Crippen LogP contribution in [0, 0.1) is 26.1 Å². The quantitative estimate of drug-likeness (QED) is 0.266. The minimum absolute atomic E-state index is 0.185. The summed E-state index contributed by atoms with van der Waals surface area (Å²) in [7, 11) is 0. The van der Waals surface area contributed by atoms with Gasteiger partial charge in [0.05, 0.1) is 0 Å². The Labute approximate surface area is 171 Å². The minimum atomic E-state index is -0.985. The molecule has 0 aromatic heterocycles. The van der Waals surface area contributed by atoms with Crippen molar-refractivity contribution in [1.82, 2.24) is 0 Å². The van der Waals surface area contributed by atoms with Crippen molar-refractivity contribution in [1.29, 1.82) is 0 Å². The van der Waals surface area contributed by atoms with Gasteiger partial charge in [0.25, 0.3) is 10.2 Å². The smallest absolute Gasteiger partial charge is 0.294 e. The van der Waals surface area contributed by atoms with Crippen molar-refractivity contribution in [2.45, 2.75) is 57.5 Å². The Morgan fingerprint density at radius 1 is 1.31 bits per heavy atom. The first-order valence-corrected chi connectivity index (χ1v) is 9.75. The molecule has 9 nitrogen and oxygen atoms in total. The van der Waals surface area contributed by atoms with Crippen molar-refractivity contribution in [3.63, 3.8) is 0 Å². The number of benzene rings is 1. The van der Waals surface area contributed by atoms with Gasteiger partial charge in [-0.2, -0.15) is 0 Å². The molecule has 29 heavy (non-hydrogen) atoms. The van der Waals surface area contributed by atoms with E-state index in [4.69, 9.17) is 5.73 Å². The molecule has 0 heterocycles. The lowest BCUT2D eigenvalue weighted by atomic mass is 9.69. The second-order valence-electron chi connectivity index (χ2n) is 7.31. The van der Waals surface area contributed by atoms with Gasteiger partial charge in [-0.05, 0) is 42.7 Å². The fourth-order valence-corrected chi connectivity index (χ4v) is 3.65. The molecule has 0 aliphatic carbocycles. The second kappa shape index (κ2) is 12.0. The first-order valence-electron chi connectivity index (χ1n) is 9.75. The van der Waals surface area contributed by atoms with E-state index < -0.39 is 22.9 Å². The summed E-state index contributed by atoms with van der Waals surface area (Å²) >= 11 is 0. The van der Waals surface area contributed by atoms with E-state index in [2.05, 4.69) is 42.2 Å². The van der Waals surface area contributed by atoms with Gasteiger partial charge in [0.2, 0.25) is 0 Å². The van der Waals surface area contributed by atoms with E-state index >= 15 is 0 Å². The van der Waals surface area contributed by atoms with Crippen LogP contribution in [-0.2, 0) is 21.5 Å². The van der Waals surface area contributed by atoms with Gasteiger partial charge in [-0.15, -0.1) is 26.8 Å². The lowest BCUT2D eigenvalue weighted by molar-refractivity contribution is -0.790. The van der Waals surface area contributed by atoms with Gasteiger partial charge in [0, 0.05) is 12.0 Å². The third kappa shape index (κ3) is 7.69. The predicted octanol–water partition coefficient (Wildman–Crippen LogP) is 3.61. The molecule has 162 valence electrons. The van der Waals surface area contributed by atoms with E-state index in [1.165, 1.54) is 0 Å². The third-order valence-corrected chi connectivity index (χ3v) is 5.45. The lowest BCUT2D eigenvalue weighted by Crippen LogP contribution is -2.39. The number of nitrogens with zero attached hydrogens (tertiary/aromatic N) is 2. The molecule has 1 aromatic rings. The number of aryl methyl sites for hydroxylation is 1. The van der Waals surface area contributed by atoms with Crippen LogP contribution in [0.15, 0.2) is 36.9 Å². The Morgan fingerprint density at radius 2 is 2.03 bits per heavy atom. The molecule has 0 spiro atoms. The summed E-state index contributed by atoms with van der Waals surface area (Å²) in [6, 6.07) is 8.17. The molecule has 0 amide bonds. The third-order valence-electron chi connectivity index (χ3n) is 5.45. The lowest BCUT2D eigenvalue weighted by Gasteiger charge is -2.37. The van der Waals surface area contributed by atoms with E-state index in [0.29, 0.717) is 25.3 Å². The van der Waals surface area contributed by atoms with Crippen molar-refractivity contribution in [3.8, 4) is 0 Å². The highest BCUT2D eigenvalue weighted by Gasteiger charge is 2.32. The van der Waals surface area contributed by atoms with Gasteiger partial charge in [0.1, 0.15) is 12.7 Å². The summed E-state index contributed by atoms with van der Waals surface area (Å²) in [6.45, 7) is 8.21. The van der Waals surface area contributed by atoms with Crippen molar-refractivity contribution in [3.05, 3.63) is 68.3 Å². The monoisotopic (exact) mass is 409 g/mol. The van der Waals surface area contributed by atoms with Crippen molar-refractivity contribution >= 4 is 0 Å². The van der Waals surface area contributed by atoms with Crippen LogP contribution in [0.3, 0.4) is 0 Å². The van der Waals surface area contributed by atoms with Gasteiger partial charge in [-0.1, -0.05) is 50.6 Å². The molecule has 0 bridgehead atoms. The Hall–Kier alpha value is -2.68. The Bertz CT molecular complexity index is 684. The number of hydrogen-bond donors (Lipinski definition) is 1. The Morgan fingerprint density at radius 3 is 2.59 bits per heavy atom. The summed E-state index contributed by atoms with van der Waals surface area (Å²) in [5.74, 6) is 0.373. The summed E-state index contributed by atoms with van der Waals surface area (Å²) in [5, 5.41) is 18.9. The van der Waals surface area contributed by atoms with Crippen LogP contribution >= 0.6 is 0 Å². The molecule has 1 rings (SSSR count). The van der Waals surface area contributed by atoms with Crippen molar-refractivity contribution in [2.75, 3.05) is 13.2 Å². The maximum Gasteiger partial charge on any atom is 0.294 e. The van der Waals surface area contributed by atoms with E-state index in [9.17, 15) is 20.2 Å². The molecular weight excluding hydrogens is 378 g/mol. The van der Waals surface area contributed by atoms with Gasteiger partial charge in [0.15, 0.2) is 0 Å². The zero-order valence-electron chi connectivity index (χ0n) is 17.1. The molecule has 2 N–H and O–H groups in total. The predicted molar refractivity (Wildman–Crippen MR) is 109 cm³/mol. The molecule has 9 heteroatoms. The van der Waals surface area contributed by atoms with Crippen molar-refractivity contribution < 1.29 is 19.8 Å².